The Morgan fingerprint density at radius 2 is 2.05 bits per heavy atom. The summed E-state index contributed by atoms with van der Waals surface area (Å²) in [5.74, 6) is 3.08. The van der Waals surface area contributed by atoms with Gasteiger partial charge in [-0.05, 0) is 18.9 Å². The number of hydrogen-bond acceptors (Lipinski definition) is 4. The third-order valence-electron chi connectivity index (χ3n) is 3.63. The minimum Gasteiger partial charge on any atom is -0.496 e. The van der Waals surface area contributed by atoms with Crippen LogP contribution >= 0.6 is 11.6 Å². The van der Waals surface area contributed by atoms with Gasteiger partial charge in [0.1, 0.15) is 22.5 Å². The van der Waals surface area contributed by atoms with Crippen molar-refractivity contribution in [1.29, 1.82) is 0 Å². The Bertz CT molecular complexity index is 643. The third kappa shape index (κ3) is 3.27. The van der Waals surface area contributed by atoms with E-state index >= 15 is 0 Å². The van der Waals surface area contributed by atoms with Gasteiger partial charge in [0.2, 0.25) is 0 Å². The highest BCUT2D eigenvalue weighted by atomic mass is 35.5. The molecule has 0 radical (unpaired) electrons. The molecule has 3 rings (SSSR count). The van der Waals surface area contributed by atoms with Gasteiger partial charge in [-0.25, -0.2) is 9.97 Å². The highest BCUT2D eigenvalue weighted by molar-refractivity contribution is 6.29. The molecular formula is C16H18ClN3O. The summed E-state index contributed by atoms with van der Waals surface area (Å²) in [7, 11) is 3.69. The predicted octanol–water partition coefficient (Wildman–Crippen LogP) is 3.65. The lowest BCUT2D eigenvalue weighted by Crippen LogP contribution is -2.19. The van der Waals surface area contributed by atoms with E-state index in [9.17, 15) is 0 Å². The normalized spacial score (nSPS) is 14.0. The van der Waals surface area contributed by atoms with E-state index < -0.39 is 0 Å². The Labute approximate surface area is 129 Å². The van der Waals surface area contributed by atoms with E-state index in [1.807, 2.05) is 31.3 Å². The van der Waals surface area contributed by atoms with Crippen LogP contribution in [0.5, 0.6) is 5.75 Å². The average molecular weight is 304 g/mol. The smallest absolute Gasteiger partial charge is 0.135 e. The van der Waals surface area contributed by atoms with Gasteiger partial charge in [-0.2, -0.15) is 0 Å². The van der Waals surface area contributed by atoms with Crippen LogP contribution < -0.4 is 9.64 Å². The van der Waals surface area contributed by atoms with Crippen LogP contribution in [-0.4, -0.2) is 24.1 Å². The van der Waals surface area contributed by atoms with Crippen molar-refractivity contribution in [1.82, 2.24) is 9.97 Å². The molecule has 21 heavy (non-hydrogen) atoms. The SMILES string of the molecule is COc1ccccc1CN(C)c1cc(Cl)nc(C2CC2)n1. The summed E-state index contributed by atoms with van der Waals surface area (Å²) in [6.07, 6.45) is 2.33. The third-order valence-corrected chi connectivity index (χ3v) is 3.83. The molecule has 1 aliphatic rings. The molecule has 0 N–H and O–H groups in total. The summed E-state index contributed by atoms with van der Waals surface area (Å²) in [5, 5.41) is 0.508. The molecule has 0 bridgehead atoms. The minimum absolute atomic E-state index is 0.488. The lowest BCUT2D eigenvalue weighted by Gasteiger charge is -2.20. The number of halogens is 1. The highest BCUT2D eigenvalue weighted by Gasteiger charge is 2.27. The van der Waals surface area contributed by atoms with Gasteiger partial charge in [0.15, 0.2) is 0 Å². The van der Waals surface area contributed by atoms with E-state index in [1.165, 1.54) is 0 Å². The maximum absolute atomic E-state index is 6.12. The van der Waals surface area contributed by atoms with Gasteiger partial charge < -0.3 is 9.64 Å². The largest absolute Gasteiger partial charge is 0.496 e. The summed E-state index contributed by atoms with van der Waals surface area (Å²) >= 11 is 6.12. The zero-order valence-corrected chi connectivity index (χ0v) is 13.0. The molecule has 0 aliphatic heterocycles. The topological polar surface area (TPSA) is 38.2 Å². The van der Waals surface area contributed by atoms with Gasteiger partial charge in [-0.3, -0.25) is 0 Å². The second-order valence-electron chi connectivity index (χ2n) is 5.35. The zero-order valence-electron chi connectivity index (χ0n) is 12.2. The van der Waals surface area contributed by atoms with Crippen molar-refractivity contribution in [3.05, 3.63) is 46.9 Å². The maximum Gasteiger partial charge on any atom is 0.135 e. The molecule has 1 aliphatic carbocycles. The predicted molar refractivity (Wildman–Crippen MR) is 84.1 cm³/mol. The number of benzene rings is 1. The molecule has 1 heterocycles. The molecule has 4 nitrogen and oxygen atoms in total. The summed E-state index contributed by atoms with van der Waals surface area (Å²) in [6, 6.07) is 9.80. The molecule has 0 saturated heterocycles. The molecule has 1 aromatic carbocycles. The van der Waals surface area contributed by atoms with Gasteiger partial charge in [0, 0.05) is 31.1 Å². The highest BCUT2D eigenvalue weighted by Crippen LogP contribution is 2.39. The van der Waals surface area contributed by atoms with Crippen molar-refractivity contribution in [3.8, 4) is 5.75 Å². The summed E-state index contributed by atoms with van der Waals surface area (Å²) in [4.78, 5) is 11.0. The van der Waals surface area contributed by atoms with Crippen LogP contribution in [0, 0.1) is 0 Å². The van der Waals surface area contributed by atoms with Gasteiger partial charge >= 0.3 is 0 Å². The van der Waals surface area contributed by atoms with Gasteiger partial charge in [-0.15, -0.1) is 0 Å². The molecule has 5 heteroatoms. The fourth-order valence-electron chi connectivity index (χ4n) is 2.31. The summed E-state index contributed by atoms with van der Waals surface area (Å²) in [6.45, 7) is 0.710. The van der Waals surface area contributed by atoms with E-state index in [0.717, 1.165) is 35.8 Å². The number of aromatic nitrogens is 2. The van der Waals surface area contributed by atoms with E-state index in [1.54, 1.807) is 7.11 Å². The number of para-hydroxylation sites is 1. The number of anilines is 1. The molecule has 2 aromatic rings. The average Bonchev–Trinajstić information content (AvgIpc) is 3.32. The quantitative estimate of drug-likeness (QED) is 0.790. The second-order valence-corrected chi connectivity index (χ2v) is 5.74. The first-order valence-corrected chi connectivity index (χ1v) is 7.42. The number of hydrogen-bond donors (Lipinski definition) is 0. The Morgan fingerprint density at radius 1 is 1.29 bits per heavy atom. The van der Waals surface area contributed by atoms with E-state index in [2.05, 4.69) is 20.9 Å². The van der Waals surface area contributed by atoms with Crippen molar-refractivity contribution in [2.24, 2.45) is 0 Å². The van der Waals surface area contributed by atoms with Crippen LogP contribution in [0.25, 0.3) is 0 Å². The number of ether oxygens (including phenoxy) is 1. The van der Waals surface area contributed by atoms with Crippen molar-refractivity contribution >= 4 is 17.4 Å². The molecule has 110 valence electrons. The summed E-state index contributed by atoms with van der Waals surface area (Å²) in [5.41, 5.74) is 1.12. The Balaban J connectivity index is 1.83. The van der Waals surface area contributed by atoms with Gasteiger partial charge in [-0.1, -0.05) is 29.8 Å². The molecule has 0 amide bonds. The lowest BCUT2D eigenvalue weighted by atomic mass is 10.2. The zero-order chi connectivity index (χ0) is 14.8. The molecule has 1 saturated carbocycles. The van der Waals surface area contributed by atoms with Gasteiger partial charge in [0.25, 0.3) is 0 Å². The maximum atomic E-state index is 6.12. The Kier molecular flexibility index (Phi) is 3.97. The van der Waals surface area contributed by atoms with Crippen LogP contribution in [0.1, 0.15) is 30.1 Å². The van der Waals surface area contributed by atoms with E-state index in [4.69, 9.17) is 16.3 Å². The van der Waals surface area contributed by atoms with E-state index in [-0.39, 0.29) is 0 Å². The van der Waals surface area contributed by atoms with Crippen LogP contribution in [0.2, 0.25) is 5.15 Å². The Hall–Kier alpha value is -1.81. The number of methoxy groups -OCH3 is 1. The van der Waals surface area contributed by atoms with Crippen molar-refractivity contribution < 1.29 is 4.74 Å². The molecule has 1 fully saturated rings. The lowest BCUT2D eigenvalue weighted by molar-refractivity contribution is 0.409. The Morgan fingerprint density at radius 3 is 2.76 bits per heavy atom. The second kappa shape index (κ2) is 5.90. The number of nitrogens with zero attached hydrogens (tertiary/aromatic N) is 3. The minimum atomic E-state index is 0.488. The van der Waals surface area contributed by atoms with Gasteiger partial charge in [0.05, 0.1) is 7.11 Å². The molecule has 0 unspecified atom stereocenters. The first-order chi connectivity index (χ1) is 10.2. The first kappa shape index (κ1) is 14.1. The van der Waals surface area contributed by atoms with Crippen LogP contribution in [0.4, 0.5) is 5.82 Å². The molecule has 0 spiro atoms. The van der Waals surface area contributed by atoms with Crippen molar-refractivity contribution in [2.45, 2.75) is 25.3 Å². The monoisotopic (exact) mass is 303 g/mol. The van der Waals surface area contributed by atoms with Crippen LogP contribution in [0.3, 0.4) is 0 Å². The summed E-state index contributed by atoms with van der Waals surface area (Å²) < 4.78 is 5.39. The first-order valence-electron chi connectivity index (χ1n) is 7.05. The fourth-order valence-corrected chi connectivity index (χ4v) is 2.50. The molecule has 1 aromatic heterocycles. The number of rotatable bonds is 5. The van der Waals surface area contributed by atoms with Crippen molar-refractivity contribution in [2.75, 3.05) is 19.1 Å². The fraction of sp³-hybridized carbons (Fsp3) is 0.375. The van der Waals surface area contributed by atoms with Crippen LogP contribution in [-0.2, 0) is 6.54 Å². The van der Waals surface area contributed by atoms with E-state index in [0.29, 0.717) is 17.6 Å². The van der Waals surface area contributed by atoms with Crippen LogP contribution in [0.15, 0.2) is 30.3 Å². The molecular weight excluding hydrogens is 286 g/mol. The van der Waals surface area contributed by atoms with Crippen molar-refractivity contribution in [3.63, 3.8) is 0 Å². The standard InChI is InChI=1S/C16H18ClN3O/c1-20(10-12-5-3-4-6-13(12)21-2)15-9-14(17)18-16(19-15)11-7-8-11/h3-6,9,11H,7-8,10H2,1-2H3. The molecule has 0 atom stereocenters.